The highest BCUT2D eigenvalue weighted by atomic mass is 79.9. The molecule has 1 N–H and O–H groups in total. The maximum atomic E-state index is 11.7. The zero-order chi connectivity index (χ0) is 13.8. The van der Waals surface area contributed by atoms with Gasteiger partial charge in [-0.2, -0.15) is 0 Å². The van der Waals surface area contributed by atoms with E-state index >= 15 is 0 Å². The van der Waals surface area contributed by atoms with Crippen LogP contribution >= 0.6 is 15.9 Å². The third-order valence-corrected chi connectivity index (χ3v) is 3.67. The van der Waals surface area contributed by atoms with Gasteiger partial charge < -0.3 is 10.1 Å². The van der Waals surface area contributed by atoms with E-state index in [2.05, 4.69) is 21.2 Å². The largest absolute Gasteiger partial charge is 0.483 e. The van der Waals surface area contributed by atoms with Crippen LogP contribution in [0.4, 0.5) is 0 Å². The molecule has 1 fully saturated rings. The van der Waals surface area contributed by atoms with Crippen molar-refractivity contribution in [2.24, 2.45) is 5.92 Å². The molecule has 0 spiro atoms. The molecule has 1 amide bonds. The number of carbonyl (C=O) groups excluding carboxylic acids is 2. The van der Waals surface area contributed by atoms with Gasteiger partial charge in [0.25, 0.3) is 5.91 Å². The molecule has 19 heavy (non-hydrogen) atoms. The molecule has 5 heteroatoms. The Bertz CT molecular complexity index is 486. The van der Waals surface area contributed by atoms with E-state index in [0.717, 1.165) is 4.47 Å². The first-order valence-electron chi connectivity index (χ1n) is 6.27. The topological polar surface area (TPSA) is 55.4 Å². The van der Waals surface area contributed by atoms with Gasteiger partial charge in [0.15, 0.2) is 12.9 Å². The van der Waals surface area contributed by atoms with E-state index in [1.165, 1.54) is 12.8 Å². The predicted octanol–water partition coefficient (Wildman–Crippen LogP) is 2.56. The number of nitrogens with one attached hydrogen (secondary N) is 1. The van der Waals surface area contributed by atoms with Gasteiger partial charge in [-0.15, -0.1) is 0 Å². The number of amides is 1. The van der Waals surface area contributed by atoms with Crippen LogP contribution in [-0.4, -0.2) is 24.8 Å². The van der Waals surface area contributed by atoms with E-state index < -0.39 is 0 Å². The molecule has 2 rings (SSSR count). The summed E-state index contributed by atoms with van der Waals surface area (Å²) in [6, 6.07) is 5.30. The standard InChI is InChI=1S/C14H16BrNO3/c1-9(10-2-3-10)16-14(18)8-19-13-5-4-12(15)6-11(13)7-17/h4-7,9-10H,2-3,8H2,1H3,(H,16,18)/t9-/m1/s1. The van der Waals surface area contributed by atoms with Gasteiger partial charge in [0.1, 0.15) is 5.75 Å². The molecule has 0 bridgehead atoms. The molecule has 1 aromatic rings. The van der Waals surface area contributed by atoms with Gasteiger partial charge in [-0.3, -0.25) is 9.59 Å². The third kappa shape index (κ3) is 4.06. The highest BCUT2D eigenvalue weighted by Crippen LogP contribution is 2.32. The van der Waals surface area contributed by atoms with Crippen molar-refractivity contribution < 1.29 is 14.3 Å². The first-order chi connectivity index (χ1) is 9.10. The molecule has 0 radical (unpaired) electrons. The molecule has 1 aromatic carbocycles. The molecule has 1 saturated carbocycles. The SMILES string of the molecule is C[C@@H](NC(=O)COc1ccc(Br)cc1C=O)C1CC1. The maximum absolute atomic E-state index is 11.7. The molecule has 0 saturated heterocycles. The van der Waals surface area contributed by atoms with Crippen LogP contribution in [0.2, 0.25) is 0 Å². The molecule has 1 aliphatic rings. The summed E-state index contributed by atoms with van der Waals surface area (Å²) in [5, 5.41) is 2.90. The van der Waals surface area contributed by atoms with Gasteiger partial charge in [0.05, 0.1) is 5.56 Å². The highest BCUT2D eigenvalue weighted by Gasteiger charge is 2.28. The zero-order valence-electron chi connectivity index (χ0n) is 10.7. The van der Waals surface area contributed by atoms with Gasteiger partial charge in [-0.05, 0) is 43.9 Å². The average Bonchev–Trinajstić information content (AvgIpc) is 3.21. The number of hydrogen-bond donors (Lipinski definition) is 1. The van der Waals surface area contributed by atoms with Gasteiger partial charge >= 0.3 is 0 Å². The Morgan fingerprint density at radius 1 is 1.58 bits per heavy atom. The normalized spacial score (nSPS) is 15.7. The lowest BCUT2D eigenvalue weighted by Crippen LogP contribution is -2.37. The Kier molecular flexibility index (Phi) is 4.58. The summed E-state index contributed by atoms with van der Waals surface area (Å²) in [6.07, 6.45) is 3.08. The van der Waals surface area contributed by atoms with Crippen LogP contribution in [0.3, 0.4) is 0 Å². The fourth-order valence-corrected chi connectivity index (χ4v) is 2.27. The highest BCUT2D eigenvalue weighted by molar-refractivity contribution is 9.10. The van der Waals surface area contributed by atoms with Crippen LogP contribution in [0.15, 0.2) is 22.7 Å². The Hall–Kier alpha value is -1.36. The minimum atomic E-state index is -0.154. The van der Waals surface area contributed by atoms with Crippen molar-refractivity contribution in [3.05, 3.63) is 28.2 Å². The van der Waals surface area contributed by atoms with Crippen LogP contribution < -0.4 is 10.1 Å². The van der Waals surface area contributed by atoms with Crippen LogP contribution in [0, 0.1) is 5.92 Å². The monoisotopic (exact) mass is 325 g/mol. The summed E-state index contributed by atoms with van der Waals surface area (Å²) in [4.78, 5) is 22.6. The van der Waals surface area contributed by atoms with E-state index in [1.54, 1.807) is 18.2 Å². The quantitative estimate of drug-likeness (QED) is 0.818. The van der Waals surface area contributed by atoms with Gasteiger partial charge in [-0.1, -0.05) is 15.9 Å². The maximum Gasteiger partial charge on any atom is 0.258 e. The van der Waals surface area contributed by atoms with Gasteiger partial charge in [-0.25, -0.2) is 0 Å². The van der Waals surface area contributed by atoms with Crippen molar-refractivity contribution in [1.29, 1.82) is 0 Å². The Morgan fingerprint density at radius 3 is 2.95 bits per heavy atom. The number of rotatable bonds is 6. The Labute approximate surface area is 120 Å². The number of aldehydes is 1. The number of benzene rings is 1. The summed E-state index contributed by atoms with van der Waals surface area (Å²) in [5.41, 5.74) is 0.428. The Morgan fingerprint density at radius 2 is 2.32 bits per heavy atom. The van der Waals surface area contributed by atoms with Gasteiger partial charge in [0.2, 0.25) is 0 Å². The van der Waals surface area contributed by atoms with Crippen LogP contribution in [0.25, 0.3) is 0 Å². The molecule has 1 atom stereocenters. The average molecular weight is 326 g/mol. The molecular weight excluding hydrogens is 310 g/mol. The summed E-state index contributed by atoms with van der Waals surface area (Å²) in [5.74, 6) is 0.883. The molecule has 0 aromatic heterocycles. The second-order valence-electron chi connectivity index (χ2n) is 4.78. The van der Waals surface area contributed by atoms with Crippen molar-refractivity contribution >= 4 is 28.1 Å². The molecule has 0 unspecified atom stereocenters. The zero-order valence-corrected chi connectivity index (χ0v) is 12.3. The fourth-order valence-electron chi connectivity index (χ4n) is 1.90. The minimum absolute atomic E-state index is 0.0699. The third-order valence-electron chi connectivity index (χ3n) is 3.18. The van der Waals surface area contributed by atoms with E-state index in [4.69, 9.17) is 4.74 Å². The van der Waals surface area contributed by atoms with Crippen LogP contribution in [-0.2, 0) is 4.79 Å². The summed E-state index contributed by atoms with van der Waals surface area (Å²) >= 11 is 3.28. The number of ether oxygens (including phenoxy) is 1. The van der Waals surface area contributed by atoms with Crippen molar-refractivity contribution in [3.63, 3.8) is 0 Å². The van der Waals surface area contributed by atoms with Crippen molar-refractivity contribution in [1.82, 2.24) is 5.32 Å². The first-order valence-corrected chi connectivity index (χ1v) is 7.06. The van der Waals surface area contributed by atoms with Crippen molar-refractivity contribution in [2.45, 2.75) is 25.8 Å². The van der Waals surface area contributed by atoms with Gasteiger partial charge in [0, 0.05) is 10.5 Å². The molecule has 0 heterocycles. The molecule has 1 aliphatic carbocycles. The summed E-state index contributed by atoms with van der Waals surface area (Å²) < 4.78 is 6.18. The van der Waals surface area contributed by atoms with Crippen LogP contribution in [0.1, 0.15) is 30.1 Å². The lowest BCUT2D eigenvalue weighted by molar-refractivity contribution is -0.123. The molecule has 102 valence electrons. The molecule has 4 nitrogen and oxygen atoms in total. The lowest BCUT2D eigenvalue weighted by Gasteiger charge is -2.13. The number of carbonyl (C=O) groups is 2. The predicted molar refractivity (Wildman–Crippen MR) is 75.4 cm³/mol. The second-order valence-corrected chi connectivity index (χ2v) is 5.70. The van der Waals surface area contributed by atoms with Crippen molar-refractivity contribution in [2.75, 3.05) is 6.61 Å². The van der Waals surface area contributed by atoms with E-state index in [9.17, 15) is 9.59 Å². The van der Waals surface area contributed by atoms with E-state index in [0.29, 0.717) is 23.5 Å². The summed E-state index contributed by atoms with van der Waals surface area (Å²) in [7, 11) is 0. The second kappa shape index (κ2) is 6.19. The number of halogens is 1. The molecular formula is C14H16BrNO3. The first kappa shape index (κ1) is 14.1. The number of hydrogen-bond acceptors (Lipinski definition) is 3. The fraction of sp³-hybridized carbons (Fsp3) is 0.429. The Balaban J connectivity index is 1.87. The smallest absolute Gasteiger partial charge is 0.258 e. The minimum Gasteiger partial charge on any atom is -0.483 e. The van der Waals surface area contributed by atoms with E-state index in [1.807, 2.05) is 6.92 Å². The van der Waals surface area contributed by atoms with Crippen molar-refractivity contribution in [3.8, 4) is 5.75 Å². The van der Waals surface area contributed by atoms with Crippen LogP contribution in [0.5, 0.6) is 5.75 Å². The van der Waals surface area contributed by atoms with E-state index in [-0.39, 0.29) is 18.6 Å². The lowest BCUT2D eigenvalue weighted by atomic mass is 10.2. The molecule has 0 aliphatic heterocycles. The summed E-state index contributed by atoms with van der Waals surface area (Å²) in [6.45, 7) is 1.94.